The first-order valence-corrected chi connectivity index (χ1v) is 9.47. The number of para-hydroxylation sites is 1. The summed E-state index contributed by atoms with van der Waals surface area (Å²) < 4.78 is 4.78. The van der Waals surface area contributed by atoms with Crippen molar-refractivity contribution in [1.29, 1.82) is 0 Å². The number of carbonyl (C=O) groups excluding carboxylic acids is 2. The second kappa shape index (κ2) is 9.42. The highest BCUT2D eigenvalue weighted by molar-refractivity contribution is 7.98. The minimum Gasteiger partial charge on any atom is -0.467 e. The van der Waals surface area contributed by atoms with Crippen LogP contribution < -0.4 is 10.2 Å². The van der Waals surface area contributed by atoms with E-state index in [0.717, 1.165) is 18.8 Å². The first-order valence-electron chi connectivity index (χ1n) is 8.08. The van der Waals surface area contributed by atoms with Crippen LogP contribution in [0.2, 0.25) is 0 Å². The largest absolute Gasteiger partial charge is 0.467 e. The molecule has 1 aromatic rings. The van der Waals surface area contributed by atoms with Crippen LogP contribution in [0.5, 0.6) is 0 Å². The number of benzene rings is 1. The summed E-state index contributed by atoms with van der Waals surface area (Å²) in [5.74, 6) is 0.405. The van der Waals surface area contributed by atoms with Crippen LogP contribution in [0.15, 0.2) is 30.3 Å². The van der Waals surface area contributed by atoms with E-state index in [1.54, 1.807) is 16.7 Å². The topological polar surface area (TPSA) is 61.9 Å². The second-order valence-electron chi connectivity index (χ2n) is 5.62. The van der Waals surface area contributed by atoms with Crippen LogP contribution in [0.1, 0.15) is 6.42 Å². The fraction of sp³-hybridized carbons (Fsp3) is 0.529. The first kappa shape index (κ1) is 18.4. The third-order valence-electron chi connectivity index (χ3n) is 4.08. The number of rotatable bonds is 6. The second-order valence-corrected chi connectivity index (χ2v) is 6.60. The number of carbonyl (C=O) groups is 2. The molecule has 1 atom stereocenters. The van der Waals surface area contributed by atoms with Crippen molar-refractivity contribution in [1.82, 2.24) is 10.2 Å². The van der Waals surface area contributed by atoms with Crippen molar-refractivity contribution in [3.63, 3.8) is 0 Å². The monoisotopic (exact) mass is 351 g/mol. The zero-order chi connectivity index (χ0) is 17.4. The Balaban J connectivity index is 1.86. The Kier molecular flexibility index (Phi) is 7.24. The van der Waals surface area contributed by atoms with Crippen LogP contribution in [0.3, 0.4) is 0 Å². The van der Waals surface area contributed by atoms with Crippen molar-refractivity contribution < 1.29 is 14.3 Å². The van der Waals surface area contributed by atoms with Crippen LogP contribution in [-0.2, 0) is 9.53 Å². The number of nitrogens with zero attached hydrogens (tertiary/aromatic N) is 2. The summed E-state index contributed by atoms with van der Waals surface area (Å²) in [5.41, 5.74) is 1.17. The lowest BCUT2D eigenvalue weighted by atomic mass is 10.2. The maximum atomic E-state index is 12.4. The molecular weight excluding hydrogens is 326 g/mol. The van der Waals surface area contributed by atoms with Gasteiger partial charge in [0.05, 0.1) is 7.11 Å². The Morgan fingerprint density at radius 2 is 1.88 bits per heavy atom. The molecule has 1 N–H and O–H groups in total. The van der Waals surface area contributed by atoms with Crippen molar-refractivity contribution >= 4 is 29.4 Å². The van der Waals surface area contributed by atoms with Crippen LogP contribution in [0.4, 0.5) is 10.5 Å². The smallest absolute Gasteiger partial charge is 0.328 e. The number of hydrogen-bond donors (Lipinski definition) is 1. The van der Waals surface area contributed by atoms with Crippen LogP contribution in [0, 0.1) is 0 Å². The molecule has 0 radical (unpaired) electrons. The van der Waals surface area contributed by atoms with Crippen molar-refractivity contribution in [2.24, 2.45) is 0 Å². The highest BCUT2D eigenvalue weighted by atomic mass is 32.2. The summed E-state index contributed by atoms with van der Waals surface area (Å²) in [7, 11) is 1.35. The molecule has 1 aliphatic heterocycles. The Hall–Kier alpha value is -1.89. The molecule has 1 aromatic carbocycles. The molecule has 0 saturated carbocycles. The molecule has 0 bridgehead atoms. The molecule has 2 amide bonds. The summed E-state index contributed by atoms with van der Waals surface area (Å²) in [5, 5.41) is 2.81. The minimum atomic E-state index is -0.581. The molecule has 7 heteroatoms. The number of anilines is 1. The SMILES string of the molecule is COC(=O)[C@@H](CCSC)NC(=O)N1CCN(c2ccccc2)CC1. The van der Waals surface area contributed by atoms with Gasteiger partial charge >= 0.3 is 12.0 Å². The van der Waals surface area contributed by atoms with E-state index in [2.05, 4.69) is 22.3 Å². The van der Waals surface area contributed by atoms with Gasteiger partial charge in [-0.2, -0.15) is 11.8 Å². The Bertz CT molecular complexity index is 533. The predicted molar refractivity (Wildman–Crippen MR) is 97.6 cm³/mol. The molecule has 132 valence electrons. The van der Waals surface area contributed by atoms with Gasteiger partial charge in [0, 0.05) is 31.9 Å². The lowest BCUT2D eigenvalue weighted by Crippen LogP contribution is -2.55. The van der Waals surface area contributed by atoms with Gasteiger partial charge < -0.3 is 19.9 Å². The number of methoxy groups -OCH3 is 1. The number of thioether (sulfide) groups is 1. The van der Waals surface area contributed by atoms with Crippen molar-refractivity contribution in [3.8, 4) is 0 Å². The zero-order valence-corrected chi connectivity index (χ0v) is 15.1. The molecule has 6 nitrogen and oxygen atoms in total. The molecule has 24 heavy (non-hydrogen) atoms. The van der Waals surface area contributed by atoms with Gasteiger partial charge in [0.15, 0.2) is 0 Å². The van der Waals surface area contributed by atoms with Crippen molar-refractivity contribution in [2.75, 3.05) is 50.2 Å². The number of piperazine rings is 1. The normalized spacial score (nSPS) is 15.8. The molecule has 0 spiro atoms. The summed E-state index contributed by atoms with van der Waals surface area (Å²) in [6.45, 7) is 2.84. The quantitative estimate of drug-likeness (QED) is 0.792. The zero-order valence-electron chi connectivity index (χ0n) is 14.2. The first-order chi connectivity index (χ1) is 11.7. The molecule has 1 heterocycles. The van der Waals surface area contributed by atoms with Gasteiger partial charge in [0.25, 0.3) is 0 Å². The molecule has 1 saturated heterocycles. The molecule has 1 fully saturated rings. The van der Waals surface area contributed by atoms with E-state index in [4.69, 9.17) is 4.74 Å². The number of urea groups is 1. The molecule has 1 aliphatic rings. The van der Waals surface area contributed by atoms with Gasteiger partial charge in [-0.15, -0.1) is 0 Å². The summed E-state index contributed by atoms with van der Waals surface area (Å²) in [6, 6.07) is 9.40. The average Bonchev–Trinajstić information content (AvgIpc) is 2.65. The van der Waals surface area contributed by atoms with Crippen molar-refractivity contribution in [2.45, 2.75) is 12.5 Å². The Morgan fingerprint density at radius 3 is 2.46 bits per heavy atom. The summed E-state index contributed by atoms with van der Waals surface area (Å²) >= 11 is 1.64. The van der Waals surface area contributed by atoms with Crippen molar-refractivity contribution in [3.05, 3.63) is 30.3 Å². The average molecular weight is 351 g/mol. The number of esters is 1. The van der Waals surface area contributed by atoms with E-state index in [-0.39, 0.29) is 12.0 Å². The third kappa shape index (κ3) is 5.06. The third-order valence-corrected chi connectivity index (χ3v) is 4.73. The predicted octanol–water partition coefficient (Wildman–Crippen LogP) is 1.81. The fourth-order valence-corrected chi connectivity index (χ4v) is 3.15. The minimum absolute atomic E-state index is 0.195. The van der Waals surface area contributed by atoms with Gasteiger partial charge in [-0.05, 0) is 30.6 Å². The summed E-state index contributed by atoms with van der Waals surface area (Å²) in [4.78, 5) is 28.2. The molecular formula is C17H25N3O3S. The van der Waals surface area contributed by atoms with E-state index in [9.17, 15) is 9.59 Å². The molecule has 0 aliphatic carbocycles. The molecule has 0 aromatic heterocycles. The fourth-order valence-electron chi connectivity index (χ4n) is 2.67. The highest BCUT2D eigenvalue weighted by Gasteiger charge is 2.26. The standard InChI is InChI=1S/C17H25N3O3S/c1-23-16(21)15(8-13-24-2)18-17(22)20-11-9-19(10-12-20)14-6-4-3-5-7-14/h3-7,15H,8-13H2,1-2H3,(H,18,22)/t15-/m1/s1. The van der Waals surface area contributed by atoms with Gasteiger partial charge in [-0.25, -0.2) is 9.59 Å². The lowest BCUT2D eigenvalue weighted by molar-refractivity contribution is -0.142. The van der Waals surface area contributed by atoms with E-state index >= 15 is 0 Å². The van der Waals surface area contributed by atoms with E-state index in [0.29, 0.717) is 19.5 Å². The van der Waals surface area contributed by atoms with Gasteiger partial charge in [-0.3, -0.25) is 0 Å². The number of ether oxygens (including phenoxy) is 1. The Morgan fingerprint density at radius 1 is 1.21 bits per heavy atom. The molecule has 2 rings (SSSR count). The lowest BCUT2D eigenvalue weighted by Gasteiger charge is -2.36. The van der Waals surface area contributed by atoms with Crippen LogP contribution >= 0.6 is 11.8 Å². The van der Waals surface area contributed by atoms with E-state index < -0.39 is 6.04 Å². The summed E-state index contributed by atoms with van der Waals surface area (Å²) in [6.07, 6.45) is 2.54. The van der Waals surface area contributed by atoms with Gasteiger partial charge in [0.2, 0.25) is 0 Å². The molecule has 0 unspecified atom stereocenters. The van der Waals surface area contributed by atoms with Gasteiger partial charge in [-0.1, -0.05) is 18.2 Å². The highest BCUT2D eigenvalue weighted by Crippen LogP contribution is 2.15. The number of nitrogens with one attached hydrogen (secondary N) is 1. The van der Waals surface area contributed by atoms with Crippen LogP contribution in [0.25, 0.3) is 0 Å². The van der Waals surface area contributed by atoms with E-state index in [1.165, 1.54) is 12.8 Å². The maximum absolute atomic E-state index is 12.4. The Labute approximate surface area is 147 Å². The maximum Gasteiger partial charge on any atom is 0.328 e. The van der Waals surface area contributed by atoms with Crippen LogP contribution in [-0.4, -0.2) is 68.2 Å². The van der Waals surface area contributed by atoms with Gasteiger partial charge in [0.1, 0.15) is 6.04 Å². The number of hydrogen-bond acceptors (Lipinski definition) is 5. The van der Waals surface area contributed by atoms with E-state index in [1.807, 2.05) is 24.5 Å². The number of amides is 2.